The van der Waals surface area contributed by atoms with Crippen LogP contribution in [-0.2, 0) is 0 Å². The average Bonchev–Trinajstić information content (AvgIpc) is 2.75. The van der Waals surface area contributed by atoms with Gasteiger partial charge in [0.05, 0.1) is 5.56 Å². The highest BCUT2D eigenvalue weighted by molar-refractivity contribution is 5.91. The molecule has 0 bridgehead atoms. The van der Waals surface area contributed by atoms with Crippen molar-refractivity contribution >= 4 is 5.97 Å². The van der Waals surface area contributed by atoms with Crippen LogP contribution in [0.4, 0.5) is 8.78 Å². The van der Waals surface area contributed by atoms with Crippen molar-refractivity contribution in [3.63, 3.8) is 0 Å². The molecule has 0 N–H and O–H groups in total. The minimum atomic E-state index is -2.89. The van der Waals surface area contributed by atoms with E-state index < -0.39 is 12.6 Å². The van der Waals surface area contributed by atoms with Crippen LogP contribution >= 0.6 is 0 Å². The van der Waals surface area contributed by atoms with Crippen LogP contribution in [-0.4, -0.2) is 12.6 Å². The SMILES string of the molecule is CCCCC[C@H]1CC[C@H](c2ccc(OC(=O)c3ccc(OC(F)F)cc3)cc2)CC1. The van der Waals surface area contributed by atoms with E-state index in [9.17, 15) is 13.6 Å². The summed E-state index contributed by atoms with van der Waals surface area (Å²) < 4.78 is 34.1. The molecular formula is C25H30F2O3. The number of hydrogen-bond acceptors (Lipinski definition) is 3. The molecule has 0 aliphatic heterocycles. The average molecular weight is 417 g/mol. The number of carbonyl (C=O) groups excluding carboxylic acids is 1. The molecule has 30 heavy (non-hydrogen) atoms. The fourth-order valence-corrected chi connectivity index (χ4v) is 4.21. The largest absolute Gasteiger partial charge is 0.435 e. The van der Waals surface area contributed by atoms with E-state index in [2.05, 4.69) is 11.7 Å². The molecule has 3 nitrogen and oxygen atoms in total. The summed E-state index contributed by atoms with van der Waals surface area (Å²) in [7, 11) is 0. The molecule has 0 saturated heterocycles. The molecule has 1 aliphatic rings. The first-order chi connectivity index (χ1) is 14.5. The molecule has 0 spiro atoms. The molecule has 2 aromatic rings. The van der Waals surface area contributed by atoms with Crippen LogP contribution in [0.25, 0.3) is 0 Å². The zero-order chi connectivity index (χ0) is 21.3. The second-order valence-electron chi connectivity index (χ2n) is 8.07. The summed E-state index contributed by atoms with van der Waals surface area (Å²) in [4.78, 5) is 12.3. The Morgan fingerprint density at radius 3 is 2.17 bits per heavy atom. The van der Waals surface area contributed by atoms with Gasteiger partial charge in [0.1, 0.15) is 11.5 Å². The number of unbranched alkanes of at least 4 members (excludes halogenated alkanes) is 2. The third-order valence-electron chi connectivity index (χ3n) is 5.94. The Morgan fingerprint density at radius 2 is 1.57 bits per heavy atom. The lowest BCUT2D eigenvalue weighted by Crippen LogP contribution is -2.13. The van der Waals surface area contributed by atoms with Gasteiger partial charge in [-0.05, 0) is 79.5 Å². The molecule has 162 valence electrons. The quantitative estimate of drug-likeness (QED) is 0.243. The van der Waals surface area contributed by atoms with E-state index in [0.717, 1.165) is 5.92 Å². The highest BCUT2D eigenvalue weighted by Gasteiger charge is 2.22. The summed E-state index contributed by atoms with van der Waals surface area (Å²) >= 11 is 0. The van der Waals surface area contributed by atoms with Gasteiger partial charge in [-0.1, -0.05) is 44.7 Å². The lowest BCUT2D eigenvalue weighted by Gasteiger charge is -2.29. The first-order valence-electron chi connectivity index (χ1n) is 10.9. The minimum Gasteiger partial charge on any atom is -0.435 e. The molecule has 0 unspecified atom stereocenters. The Hall–Kier alpha value is -2.43. The third-order valence-corrected chi connectivity index (χ3v) is 5.94. The normalized spacial score (nSPS) is 18.9. The maximum absolute atomic E-state index is 12.3. The van der Waals surface area contributed by atoms with Gasteiger partial charge < -0.3 is 9.47 Å². The summed E-state index contributed by atoms with van der Waals surface area (Å²) in [5, 5.41) is 0. The molecule has 0 radical (unpaired) electrons. The van der Waals surface area contributed by atoms with Crippen LogP contribution in [0.15, 0.2) is 48.5 Å². The number of ether oxygens (including phenoxy) is 2. The van der Waals surface area contributed by atoms with Gasteiger partial charge >= 0.3 is 12.6 Å². The first kappa shape index (κ1) is 22.3. The summed E-state index contributed by atoms with van der Waals surface area (Å²) in [5.41, 5.74) is 1.58. The Labute approximate surface area is 177 Å². The predicted octanol–water partition coefficient (Wildman–Crippen LogP) is 7.36. The van der Waals surface area contributed by atoms with Crippen LogP contribution in [0.3, 0.4) is 0 Å². The Bertz CT molecular complexity index is 779. The maximum atomic E-state index is 12.3. The van der Waals surface area contributed by atoms with Gasteiger partial charge in [0.2, 0.25) is 0 Å². The fourth-order valence-electron chi connectivity index (χ4n) is 4.21. The molecule has 0 aromatic heterocycles. The van der Waals surface area contributed by atoms with Gasteiger partial charge in [-0.3, -0.25) is 0 Å². The predicted molar refractivity (Wildman–Crippen MR) is 113 cm³/mol. The minimum absolute atomic E-state index is 0.00554. The van der Waals surface area contributed by atoms with E-state index in [1.807, 2.05) is 24.3 Å². The topological polar surface area (TPSA) is 35.5 Å². The smallest absolute Gasteiger partial charge is 0.387 e. The Kier molecular flexibility index (Phi) is 8.23. The lowest BCUT2D eigenvalue weighted by atomic mass is 9.77. The van der Waals surface area contributed by atoms with Crippen LogP contribution in [0, 0.1) is 5.92 Å². The molecule has 1 saturated carbocycles. The van der Waals surface area contributed by atoms with E-state index in [1.165, 1.54) is 81.2 Å². The van der Waals surface area contributed by atoms with Crippen LogP contribution in [0.2, 0.25) is 0 Å². The summed E-state index contributed by atoms with van der Waals surface area (Å²) in [6, 6.07) is 13.2. The Morgan fingerprint density at radius 1 is 0.933 bits per heavy atom. The van der Waals surface area contributed by atoms with E-state index in [0.29, 0.717) is 11.7 Å². The molecule has 0 atom stereocenters. The van der Waals surface area contributed by atoms with E-state index >= 15 is 0 Å². The molecule has 1 aliphatic carbocycles. The Balaban J connectivity index is 1.49. The fraction of sp³-hybridized carbons (Fsp3) is 0.480. The highest BCUT2D eigenvalue weighted by atomic mass is 19.3. The number of esters is 1. The molecule has 2 aromatic carbocycles. The second-order valence-corrected chi connectivity index (χ2v) is 8.07. The molecule has 3 rings (SSSR count). The third kappa shape index (κ3) is 6.54. The van der Waals surface area contributed by atoms with Gasteiger partial charge in [0.15, 0.2) is 0 Å². The number of benzene rings is 2. The summed E-state index contributed by atoms with van der Waals surface area (Å²) in [5.74, 6) is 1.42. The summed E-state index contributed by atoms with van der Waals surface area (Å²) in [6.45, 7) is -0.642. The zero-order valence-corrected chi connectivity index (χ0v) is 17.5. The number of carbonyl (C=O) groups is 1. The van der Waals surface area contributed by atoms with Gasteiger partial charge in [0, 0.05) is 0 Å². The van der Waals surface area contributed by atoms with Gasteiger partial charge in [-0.15, -0.1) is 0 Å². The molecule has 5 heteroatoms. The van der Waals surface area contributed by atoms with Crippen molar-refractivity contribution in [3.05, 3.63) is 59.7 Å². The lowest BCUT2D eigenvalue weighted by molar-refractivity contribution is -0.0498. The number of hydrogen-bond donors (Lipinski definition) is 0. The van der Waals surface area contributed by atoms with Crippen molar-refractivity contribution in [2.24, 2.45) is 5.92 Å². The first-order valence-corrected chi connectivity index (χ1v) is 10.9. The van der Waals surface area contributed by atoms with Crippen molar-refractivity contribution in [1.82, 2.24) is 0 Å². The number of alkyl halides is 2. The van der Waals surface area contributed by atoms with Crippen molar-refractivity contribution in [3.8, 4) is 11.5 Å². The van der Waals surface area contributed by atoms with Crippen molar-refractivity contribution in [2.75, 3.05) is 0 Å². The highest BCUT2D eigenvalue weighted by Crippen LogP contribution is 2.38. The van der Waals surface area contributed by atoms with Gasteiger partial charge in [-0.2, -0.15) is 8.78 Å². The van der Waals surface area contributed by atoms with Gasteiger partial charge in [-0.25, -0.2) is 4.79 Å². The molecule has 1 fully saturated rings. The second kappa shape index (κ2) is 11.1. The molecule has 0 amide bonds. The van der Waals surface area contributed by atoms with Crippen molar-refractivity contribution in [1.29, 1.82) is 0 Å². The molecule has 0 heterocycles. The van der Waals surface area contributed by atoms with Crippen molar-refractivity contribution in [2.45, 2.75) is 70.8 Å². The van der Waals surface area contributed by atoms with E-state index in [-0.39, 0.29) is 11.3 Å². The van der Waals surface area contributed by atoms with Crippen LogP contribution in [0.1, 0.15) is 80.1 Å². The standard InChI is InChI=1S/C25H30F2O3/c1-2-3-4-5-18-6-8-19(9-7-18)20-10-14-22(15-11-20)29-24(28)21-12-16-23(17-13-21)30-25(26)27/h10-19,25H,2-9H2,1H3/t18-,19-. The monoisotopic (exact) mass is 416 g/mol. The zero-order valence-electron chi connectivity index (χ0n) is 17.5. The maximum Gasteiger partial charge on any atom is 0.387 e. The van der Waals surface area contributed by atoms with Crippen LogP contribution in [0.5, 0.6) is 11.5 Å². The van der Waals surface area contributed by atoms with E-state index in [4.69, 9.17) is 4.74 Å². The van der Waals surface area contributed by atoms with E-state index in [1.54, 1.807) is 0 Å². The van der Waals surface area contributed by atoms with Gasteiger partial charge in [0.25, 0.3) is 0 Å². The summed E-state index contributed by atoms with van der Waals surface area (Å²) in [6.07, 6.45) is 10.4. The molecular weight excluding hydrogens is 386 g/mol. The van der Waals surface area contributed by atoms with Crippen molar-refractivity contribution < 1.29 is 23.0 Å². The number of halogens is 2. The van der Waals surface area contributed by atoms with Crippen LogP contribution < -0.4 is 9.47 Å². The number of rotatable bonds is 9.